The van der Waals surface area contributed by atoms with Gasteiger partial charge in [0.25, 0.3) is 0 Å². The maximum atomic E-state index is 4.55. The van der Waals surface area contributed by atoms with Crippen molar-refractivity contribution in [2.75, 3.05) is 23.3 Å². The normalized spacial score (nSPS) is 14.8. The highest BCUT2D eigenvalue weighted by Gasteiger charge is 2.12. The molecule has 20 heavy (non-hydrogen) atoms. The second-order valence-electron chi connectivity index (χ2n) is 5.30. The van der Waals surface area contributed by atoms with Crippen molar-refractivity contribution in [1.82, 2.24) is 9.55 Å². The van der Waals surface area contributed by atoms with Crippen LogP contribution in [0, 0.1) is 0 Å². The van der Waals surface area contributed by atoms with E-state index in [1.54, 1.807) is 0 Å². The van der Waals surface area contributed by atoms with Crippen LogP contribution in [0.2, 0.25) is 0 Å². The van der Waals surface area contributed by atoms with Crippen LogP contribution >= 0.6 is 0 Å². The zero-order chi connectivity index (χ0) is 13.8. The smallest absolute Gasteiger partial charge is 0.128 e. The van der Waals surface area contributed by atoms with Crippen molar-refractivity contribution < 1.29 is 0 Å². The van der Waals surface area contributed by atoms with Crippen molar-refractivity contribution in [3.8, 4) is 0 Å². The van der Waals surface area contributed by atoms with Crippen LogP contribution in [0.1, 0.15) is 25.3 Å². The highest BCUT2D eigenvalue weighted by atomic mass is 15.2. The number of hydrogen-bond acceptors (Lipinski definition) is 3. The molecule has 0 unspecified atom stereocenters. The molecule has 0 spiro atoms. The summed E-state index contributed by atoms with van der Waals surface area (Å²) in [6.07, 6.45) is 8.81. The van der Waals surface area contributed by atoms with Crippen molar-refractivity contribution >= 4 is 11.5 Å². The Kier molecular flexibility index (Phi) is 3.90. The molecule has 2 aromatic heterocycles. The van der Waals surface area contributed by atoms with E-state index in [0.29, 0.717) is 0 Å². The number of aryl methyl sites for hydroxylation is 1. The second-order valence-corrected chi connectivity index (χ2v) is 5.30. The summed E-state index contributed by atoms with van der Waals surface area (Å²) in [6.45, 7) is 6.30. The third-order valence-electron chi connectivity index (χ3n) is 3.85. The average molecular weight is 270 g/mol. The first-order valence-corrected chi connectivity index (χ1v) is 7.44. The van der Waals surface area contributed by atoms with Gasteiger partial charge in [-0.15, -0.1) is 0 Å². The van der Waals surface area contributed by atoms with Gasteiger partial charge in [-0.2, -0.15) is 0 Å². The summed E-state index contributed by atoms with van der Waals surface area (Å²) in [5, 5.41) is 3.42. The highest BCUT2D eigenvalue weighted by Crippen LogP contribution is 2.19. The molecule has 1 fully saturated rings. The van der Waals surface area contributed by atoms with Crippen LogP contribution in [0.3, 0.4) is 0 Å². The van der Waals surface area contributed by atoms with Gasteiger partial charge in [0, 0.05) is 38.6 Å². The van der Waals surface area contributed by atoms with E-state index in [0.717, 1.165) is 37.7 Å². The Morgan fingerprint density at radius 3 is 2.70 bits per heavy atom. The van der Waals surface area contributed by atoms with Gasteiger partial charge in [0.2, 0.25) is 0 Å². The van der Waals surface area contributed by atoms with E-state index in [1.165, 1.54) is 18.4 Å². The summed E-state index contributed by atoms with van der Waals surface area (Å²) in [5.41, 5.74) is 2.38. The topological polar surface area (TPSA) is 33.1 Å². The van der Waals surface area contributed by atoms with Gasteiger partial charge in [0.05, 0.1) is 11.9 Å². The lowest BCUT2D eigenvalue weighted by Crippen LogP contribution is -2.18. The average Bonchev–Trinajstić information content (AvgIpc) is 3.17. The number of rotatable bonds is 5. The minimum Gasteiger partial charge on any atom is -0.380 e. The molecule has 0 aromatic carbocycles. The zero-order valence-electron chi connectivity index (χ0n) is 12.0. The molecule has 4 heteroatoms. The van der Waals surface area contributed by atoms with E-state index < -0.39 is 0 Å². The van der Waals surface area contributed by atoms with Gasteiger partial charge in [-0.25, -0.2) is 4.98 Å². The molecule has 0 saturated carbocycles. The number of nitrogens with one attached hydrogen (secondary N) is 1. The lowest BCUT2D eigenvalue weighted by Gasteiger charge is -2.16. The van der Waals surface area contributed by atoms with Crippen LogP contribution in [0.5, 0.6) is 0 Å². The highest BCUT2D eigenvalue weighted by molar-refractivity contribution is 5.49. The Labute approximate surface area is 120 Å². The predicted octanol–water partition coefficient (Wildman–Crippen LogP) is 3.12. The molecule has 106 valence electrons. The summed E-state index contributed by atoms with van der Waals surface area (Å²) in [5.74, 6) is 1.10. The predicted molar refractivity (Wildman–Crippen MR) is 83.1 cm³/mol. The Balaban J connectivity index is 1.57. The molecule has 2 aromatic rings. The molecule has 1 N–H and O–H groups in total. The van der Waals surface area contributed by atoms with Crippen molar-refractivity contribution in [3.05, 3.63) is 42.4 Å². The monoisotopic (exact) mass is 270 g/mol. The third kappa shape index (κ3) is 2.95. The number of aromatic nitrogens is 2. The van der Waals surface area contributed by atoms with Gasteiger partial charge >= 0.3 is 0 Å². The SMILES string of the molecule is CCn1ccc(CNc2ccc(N3CCCC3)nc2)c1. The molecular weight excluding hydrogens is 248 g/mol. The fourth-order valence-electron chi connectivity index (χ4n) is 2.62. The summed E-state index contributed by atoms with van der Waals surface area (Å²) in [6, 6.07) is 6.39. The van der Waals surface area contributed by atoms with Gasteiger partial charge in [-0.1, -0.05) is 0 Å². The van der Waals surface area contributed by atoms with Crippen molar-refractivity contribution in [2.45, 2.75) is 32.9 Å². The van der Waals surface area contributed by atoms with Gasteiger partial charge < -0.3 is 14.8 Å². The summed E-state index contributed by atoms with van der Waals surface area (Å²) in [4.78, 5) is 6.90. The zero-order valence-corrected chi connectivity index (χ0v) is 12.0. The Hall–Kier alpha value is -1.97. The molecule has 1 aliphatic rings. The molecule has 3 rings (SSSR count). The fraction of sp³-hybridized carbons (Fsp3) is 0.438. The Morgan fingerprint density at radius 1 is 1.20 bits per heavy atom. The molecule has 0 bridgehead atoms. The lowest BCUT2D eigenvalue weighted by molar-refractivity contribution is 0.766. The molecular formula is C16H22N4. The maximum Gasteiger partial charge on any atom is 0.128 e. The van der Waals surface area contributed by atoms with E-state index in [4.69, 9.17) is 0 Å². The van der Waals surface area contributed by atoms with Crippen LogP contribution in [-0.4, -0.2) is 22.6 Å². The standard InChI is InChI=1S/C16H22N4/c1-2-19-10-7-14(13-19)11-17-15-5-6-16(18-12-15)20-8-3-4-9-20/h5-7,10,12-13,17H,2-4,8-9,11H2,1H3. The molecule has 0 aliphatic carbocycles. The maximum absolute atomic E-state index is 4.55. The minimum atomic E-state index is 0.845. The molecule has 4 nitrogen and oxygen atoms in total. The molecule has 3 heterocycles. The van der Waals surface area contributed by atoms with Gasteiger partial charge in [-0.3, -0.25) is 0 Å². The number of pyridine rings is 1. The number of nitrogens with zero attached hydrogens (tertiary/aromatic N) is 3. The van der Waals surface area contributed by atoms with Crippen LogP contribution in [0.4, 0.5) is 11.5 Å². The second kappa shape index (κ2) is 5.99. The molecule has 1 saturated heterocycles. The van der Waals surface area contributed by atoms with E-state index in [2.05, 4.69) is 57.3 Å². The molecule has 1 aliphatic heterocycles. The molecule has 0 atom stereocenters. The summed E-state index contributed by atoms with van der Waals surface area (Å²) >= 11 is 0. The van der Waals surface area contributed by atoms with Crippen LogP contribution < -0.4 is 10.2 Å². The van der Waals surface area contributed by atoms with Crippen LogP contribution in [0.25, 0.3) is 0 Å². The Bertz CT molecular complexity index is 538. The summed E-state index contributed by atoms with van der Waals surface area (Å²) < 4.78 is 2.19. The van der Waals surface area contributed by atoms with Crippen LogP contribution in [-0.2, 0) is 13.1 Å². The molecule has 0 amide bonds. The van der Waals surface area contributed by atoms with E-state index in [9.17, 15) is 0 Å². The quantitative estimate of drug-likeness (QED) is 0.906. The first kappa shape index (κ1) is 13.0. The van der Waals surface area contributed by atoms with Gasteiger partial charge in [0.15, 0.2) is 0 Å². The fourth-order valence-corrected chi connectivity index (χ4v) is 2.62. The van der Waals surface area contributed by atoms with Crippen molar-refractivity contribution in [3.63, 3.8) is 0 Å². The number of hydrogen-bond donors (Lipinski definition) is 1. The van der Waals surface area contributed by atoms with Gasteiger partial charge in [-0.05, 0) is 43.5 Å². The largest absolute Gasteiger partial charge is 0.380 e. The van der Waals surface area contributed by atoms with Crippen molar-refractivity contribution in [1.29, 1.82) is 0 Å². The first-order chi connectivity index (χ1) is 9.85. The van der Waals surface area contributed by atoms with E-state index in [-0.39, 0.29) is 0 Å². The number of anilines is 2. The first-order valence-electron chi connectivity index (χ1n) is 7.44. The molecule has 0 radical (unpaired) electrons. The van der Waals surface area contributed by atoms with Crippen LogP contribution in [0.15, 0.2) is 36.8 Å². The third-order valence-corrected chi connectivity index (χ3v) is 3.85. The summed E-state index contributed by atoms with van der Waals surface area (Å²) in [7, 11) is 0. The minimum absolute atomic E-state index is 0.845. The lowest BCUT2D eigenvalue weighted by atomic mass is 10.3. The van der Waals surface area contributed by atoms with E-state index in [1.807, 2.05) is 6.20 Å². The Morgan fingerprint density at radius 2 is 2.05 bits per heavy atom. The van der Waals surface area contributed by atoms with Crippen molar-refractivity contribution in [2.24, 2.45) is 0 Å². The van der Waals surface area contributed by atoms with Gasteiger partial charge in [0.1, 0.15) is 5.82 Å². The van der Waals surface area contributed by atoms with E-state index >= 15 is 0 Å².